The van der Waals surface area contributed by atoms with E-state index in [1.54, 1.807) is 18.7 Å². The molecule has 0 radical (unpaired) electrons. The molecule has 0 spiro atoms. The highest BCUT2D eigenvalue weighted by molar-refractivity contribution is 7.98. The predicted octanol–water partition coefficient (Wildman–Crippen LogP) is 2.16. The Morgan fingerprint density at radius 2 is 2.00 bits per heavy atom. The van der Waals surface area contributed by atoms with E-state index in [0.29, 0.717) is 10.7 Å². The number of thioether (sulfide) groups is 1. The van der Waals surface area contributed by atoms with E-state index < -0.39 is 0 Å². The molecule has 0 aliphatic rings. The summed E-state index contributed by atoms with van der Waals surface area (Å²) < 4.78 is 8.74. The van der Waals surface area contributed by atoms with Crippen molar-refractivity contribution in [3.8, 4) is 5.75 Å². The summed E-state index contributed by atoms with van der Waals surface area (Å²) in [6.07, 6.45) is 1.92. The zero-order valence-electron chi connectivity index (χ0n) is 11.8. The van der Waals surface area contributed by atoms with Crippen LogP contribution < -0.4 is 10.3 Å². The maximum Gasteiger partial charge on any atom is 0.278 e. The molecule has 0 saturated carbocycles. The van der Waals surface area contributed by atoms with Crippen LogP contribution in [0.4, 0.5) is 0 Å². The Hall–Kier alpha value is -1.95. The standard InChI is InChI=1S/C14H15N3O2S/c1-16-10-6-5-8(19-3)7-9(10)11-12(16)13(18)17(2)14(15-11)20-4/h5-7H,1-4H3. The molecule has 0 amide bonds. The molecule has 0 bridgehead atoms. The Kier molecular flexibility index (Phi) is 2.97. The van der Waals surface area contributed by atoms with Gasteiger partial charge in [-0.15, -0.1) is 0 Å². The molecule has 1 aromatic carbocycles. The van der Waals surface area contributed by atoms with Gasteiger partial charge >= 0.3 is 0 Å². The predicted molar refractivity (Wildman–Crippen MR) is 81.8 cm³/mol. The zero-order chi connectivity index (χ0) is 14.4. The van der Waals surface area contributed by atoms with Gasteiger partial charge in [-0.1, -0.05) is 11.8 Å². The third kappa shape index (κ3) is 1.64. The second-order valence-electron chi connectivity index (χ2n) is 4.60. The molecule has 0 aliphatic carbocycles. The number of aryl methyl sites for hydroxylation is 1. The Balaban J connectivity index is 2.57. The highest BCUT2D eigenvalue weighted by Gasteiger charge is 2.16. The molecule has 3 rings (SSSR count). The van der Waals surface area contributed by atoms with E-state index in [0.717, 1.165) is 22.2 Å². The lowest BCUT2D eigenvalue weighted by Gasteiger charge is -2.05. The number of hydrogen-bond donors (Lipinski definition) is 0. The number of aromatic nitrogens is 3. The SMILES string of the molecule is COc1ccc2c(c1)c1nc(SC)n(C)c(=O)c1n2C. The van der Waals surface area contributed by atoms with Crippen LogP contribution in [0.25, 0.3) is 21.9 Å². The Morgan fingerprint density at radius 1 is 1.25 bits per heavy atom. The molecule has 0 unspecified atom stereocenters. The molecule has 104 valence electrons. The maximum absolute atomic E-state index is 12.5. The number of fused-ring (bicyclic) bond motifs is 3. The fourth-order valence-electron chi connectivity index (χ4n) is 2.49. The van der Waals surface area contributed by atoms with Crippen molar-refractivity contribution >= 4 is 33.7 Å². The minimum Gasteiger partial charge on any atom is -0.497 e. The minimum absolute atomic E-state index is 0.0305. The third-order valence-corrected chi connectivity index (χ3v) is 4.29. The minimum atomic E-state index is -0.0305. The summed E-state index contributed by atoms with van der Waals surface area (Å²) in [7, 11) is 5.27. The molecule has 0 fully saturated rings. The van der Waals surface area contributed by atoms with Gasteiger partial charge in [0.05, 0.1) is 12.6 Å². The Bertz CT molecular complexity index is 880. The van der Waals surface area contributed by atoms with Gasteiger partial charge in [0, 0.05) is 19.5 Å². The Labute approximate surface area is 120 Å². The van der Waals surface area contributed by atoms with Crippen molar-refractivity contribution in [2.45, 2.75) is 5.16 Å². The summed E-state index contributed by atoms with van der Waals surface area (Å²) in [5, 5.41) is 1.65. The molecule has 2 aromatic heterocycles. The lowest BCUT2D eigenvalue weighted by molar-refractivity contribution is 0.415. The summed E-state index contributed by atoms with van der Waals surface area (Å²) >= 11 is 1.46. The van der Waals surface area contributed by atoms with Gasteiger partial charge in [-0.25, -0.2) is 4.98 Å². The van der Waals surface area contributed by atoms with Crippen molar-refractivity contribution in [2.75, 3.05) is 13.4 Å². The van der Waals surface area contributed by atoms with Crippen LogP contribution in [0.15, 0.2) is 28.2 Å². The van der Waals surface area contributed by atoms with E-state index in [4.69, 9.17) is 4.74 Å². The summed E-state index contributed by atoms with van der Waals surface area (Å²) in [5.41, 5.74) is 2.29. The van der Waals surface area contributed by atoms with Gasteiger partial charge in [-0.2, -0.15) is 0 Å². The summed E-state index contributed by atoms with van der Waals surface area (Å²) in [6, 6.07) is 5.77. The number of rotatable bonds is 2. The number of ether oxygens (including phenoxy) is 1. The first-order chi connectivity index (χ1) is 9.58. The second kappa shape index (κ2) is 4.56. The van der Waals surface area contributed by atoms with Crippen molar-refractivity contribution in [3.63, 3.8) is 0 Å². The summed E-state index contributed by atoms with van der Waals surface area (Å²) in [6.45, 7) is 0. The third-order valence-electron chi connectivity index (χ3n) is 3.56. The van der Waals surface area contributed by atoms with Crippen LogP contribution in [-0.4, -0.2) is 27.5 Å². The second-order valence-corrected chi connectivity index (χ2v) is 5.38. The molecule has 6 heteroatoms. The van der Waals surface area contributed by atoms with E-state index in [9.17, 15) is 4.79 Å². The number of benzene rings is 1. The molecule has 0 aliphatic heterocycles. The van der Waals surface area contributed by atoms with Crippen LogP contribution in [0, 0.1) is 0 Å². The number of nitrogens with zero attached hydrogens (tertiary/aromatic N) is 3. The van der Waals surface area contributed by atoms with E-state index in [-0.39, 0.29) is 5.56 Å². The first kappa shape index (κ1) is 13.1. The van der Waals surface area contributed by atoms with Gasteiger partial charge in [0.25, 0.3) is 5.56 Å². The largest absolute Gasteiger partial charge is 0.497 e. The lowest BCUT2D eigenvalue weighted by atomic mass is 10.2. The van der Waals surface area contributed by atoms with E-state index >= 15 is 0 Å². The average molecular weight is 289 g/mol. The fourth-order valence-corrected chi connectivity index (χ4v) is 3.03. The smallest absolute Gasteiger partial charge is 0.278 e. The van der Waals surface area contributed by atoms with Crippen LogP contribution in [-0.2, 0) is 14.1 Å². The van der Waals surface area contributed by atoms with Gasteiger partial charge in [0.2, 0.25) is 0 Å². The van der Waals surface area contributed by atoms with Gasteiger partial charge in [0.15, 0.2) is 5.16 Å². The molecule has 0 saturated heterocycles. The monoisotopic (exact) mass is 289 g/mol. The van der Waals surface area contributed by atoms with Gasteiger partial charge in [-0.05, 0) is 24.5 Å². The topological polar surface area (TPSA) is 49.1 Å². The van der Waals surface area contributed by atoms with Crippen molar-refractivity contribution in [1.29, 1.82) is 0 Å². The first-order valence-electron chi connectivity index (χ1n) is 6.15. The molecule has 20 heavy (non-hydrogen) atoms. The molecular weight excluding hydrogens is 274 g/mol. The van der Waals surface area contributed by atoms with Gasteiger partial charge < -0.3 is 9.30 Å². The van der Waals surface area contributed by atoms with Gasteiger partial charge in [0.1, 0.15) is 16.8 Å². The molecule has 3 aromatic rings. The Morgan fingerprint density at radius 3 is 2.65 bits per heavy atom. The quantitative estimate of drug-likeness (QED) is 0.536. The first-order valence-corrected chi connectivity index (χ1v) is 7.38. The van der Waals surface area contributed by atoms with E-state index in [1.807, 2.05) is 36.1 Å². The summed E-state index contributed by atoms with van der Waals surface area (Å²) in [4.78, 5) is 17.1. The van der Waals surface area contributed by atoms with Crippen molar-refractivity contribution in [2.24, 2.45) is 14.1 Å². The van der Waals surface area contributed by atoms with E-state index in [1.165, 1.54) is 11.8 Å². The maximum atomic E-state index is 12.5. The van der Waals surface area contributed by atoms with Crippen molar-refractivity contribution in [3.05, 3.63) is 28.6 Å². The summed E-state index contributed by atoms with van der Waals surface area (Å²) in [5.74, 6) is 0.762. The molecule has 0 atom stereocenters. The molecular formula is C14H15N3O2S. The zero-order valence-corrected chi connectivity index (χ0v) is 12.6. The number of methoxy groups -OCH3 is 1. The van der Waals surface area contributed by atoms with Gasteiger partial charge in [-0.3, -0.25) is 9.36 Å². The van der Waals surface area contributed by atoms with Crippen molar-refractivity contribution < 1.29 is 4.74 Å². The lowest BCUT2D eigenvalue weighted by Crippen LogP contribution is -2.21. The molecule has 5 nitrogen and oxygen atoms in total. The highest BCUT2D eigenvalue weighted by Crippen LogP contribution is 2.29. The van der Waals surface area contributed by atoms with Crippen LogP contribution >= 0.6 is 11.8 Å². The van der Waals surface area contributed by atoms with E-state index in [2.05, 4.69) is 4.98 Å². The van der Waals surface area contributed by atoms with Crippen LogP contribution in [0.5, 0.6) is 5.75 Å². The van der Waals surface area contributed by atoms with Crippen molar-refractivity contribution in [1.82, 2.24) is 14.1 Å². The normalized spacial score (nSPS) is 11.4. The van der Waals surface area contributed by atoms with Crippen LogP contribution in [0.2, 0.25) is 0 Å². The molecule has 2 heterocycles. The number of hydrogen-bond acceptors (Lipinski definition) is 4. The molecule has 0 N–H and O–H groups in total. The fraction of sp³-hybridized carbons (Fsp3) is 0.286. The average Bonchev–Trinajstić information content (AvgIpc) is 2.75. The van der Waals surface area contributed by atoms with Crippen LogP contribution in [0.1, 0.15) is 0 Å². The van der Waals surface area contributed by atoms with Crippen LogP contribution in [0.3, 0.4) is 0 Å². The highest BCUT2D eigenvalue weighted by atomic mass is 32.2.